The van der Waals surface area contributed by atoms with Crippen molar-refractivity contribution in [1.82, 2.24) is 0 Å². The average molecular weight is 306 g/mol. The van der Waals surface area contributed by atoms with Gasteiger partial charge in [0.25, 0.3) is 0 Å². The molecule has 3 rings (SSSR count). The summed E-state index contributed by atoms with van der Waals surface area (Å²) in [5.41, 5.74) is 7.86. The van der Waals surface area contributed by atoms with Crippen LogP contribution < -0.4 is 10.5 Å². The molecule has 0 heterocycles. The first-order chi connectivity index (χ1) is 9.81. The molecule has 21 heavy (non-hydrogen) atoms. The first kappa shape index (κ1) is 16.1. The standard InChI is InChI=1S/C18H23NO.ClH/c1-20-17-12-11-16(14-9-5-6-10-15(14)17)18(19)13-7-3-2-4-8-13;/h5-6,9-13,18H,2-4,7-8,19H2,1H3;1H/t18-;/m1./s1. The highest BCUT2D eigenvalue weighted by Crippen LogP contribution is 2.37. The van der Waals surface area contributed by atoms with Crippen molar-refractivity contribution >= 4 is 23.2 Å². The van der Waals surface area contributed by atoms with E-state index in [4.69, 9.17) is 10.5 Å². The Bertz CT molecular complexity index is 593. The van der Waals surface area contributed by atoms with Gasteiger partial charge in [0.05, 0.1) is 7.11 Å². The normalized spacial score (nSPS) is 17.2. The predicted molar refractivity (Wildman–Crippen MR) is 91.3 cm³/mol. The summed E-state index contributed by atoms with van der Waals surface area (Å²) in [6.07, 6.45) is 6.55. The zero-order chi connectivity index (χ0) is 13.9. The summed E-state index contributed by atoms with van der Waals surface area (Å²) < 4.78 is 5.47. The van der Waals surface area contributed by atoms with Gasteiger partial charge in [0.2, 0.25) is 0 Å². The molecule has 0 amide bonds. The number of hydrogen-bond acceptors (Lipinski definition) is 2. The van der Waals surface area contributed by atoms with Crippen LogP contribution in [0, 0.1) is 5.92 Å². The minimum absolute atomic E-state index is 0. The summed E-state index contributed by atoms with van der Waals surface area (Å²) in [6.45, 7) is 0. The third kappa shape index (κ3) is 3.17. The van der Waals surface area contributed by atoms with E-state index in [0.29, 0.717) is 5.92 Å². The lowest BCUT2D eigenvalue weighted by Gasteiger charge is -2.28. The summed E-state index contributed by atoms with van der Waals surface area (Å²) in [7, 11) is 1.72. The van der Waals surface area contributed by atoms with E-state index in [9.17, 15) is 0 Å². The van der Waals surface area contributed by atoms with Crippen molar-refractivity contribution < 1.29 is 4.74 Å². The van der Waals surface area contributed by atoms with Crippen LogP contribution in [-0.4, -0.2) is 7.11 Å². The second-order valence-electron chi connectivity index (χ2n) is 5.83. The molecule has 3 heteroatoms. The molecule has 0 saturated heterocycles. The van der Waals surface area contributed by atoms with Crippen LogP contribution in [0.4, 0.5) is 0 Å². The fourth-order valence-electron chi connectivity index (χ4n) is 3.51. The van der Waals surface area contributed by atoms with Crippen LogP contribution in [0.2, 0.25) is 0 Å². The fourth-order valence-corrected chi connectivity index (χ4v) is 3.51. The van der Waals surface area contributed by atoms with E-state index < -0.39 is 0 Å². The number of methoxy groups -OCH3 is 1. The SMILES string of the molecule is COc1ccc([C@H](N)C2CCCCC2)c2ccccc12.Cl. The molecule has 1 fully saturated rings. The molecule has 1 atom stereocenters. The predicted octanol–water partition coefficient (Wildman–Crippen LogP) is 4.85. The van der Waals surface area contributed by atoms with E-state index in [-0.39, 0.29) is 18.4 Å². The molecule has 1 saturated carbocycles. The summed E-state index contributed by atoms with van der Waals surface area (Å²) in [5, 5.41) is 2.41. The van der Waals surface area contributed by atoms with Gasteiger partial charge in [-0.05, 0) is 35.8 Å². The molecule has 1 aliphatic carbocycles. The number of ether oxygens (including phenoxy) is 1. The van der Waals surface area contributed by atoms with Crippen LogP contribution in [0.3, 0.4) is 0 Å². The smallest absolute Gasteiger partial charge is 0.126 e. The Morgan fingerprint density at radius 3 is 2.33 bits per heavy atom. The van der Waals surface area contributed by atoms with Crippen molar-refractivity contribution in [2.45, 2.75) is 38.1 Å². The molecule has 0 unspecified atom stereocenters. The van der Waals surface area contributed by atoms with Crippen LogP contribution in [0.15, 0.2) is 36.4 Å². The summed E-state index contributed by atoms with van der Waals surface area (Å²) in [4.78, 5) is 0. The van der Waals surface area contributed by atoms with Crippen molar-refractivity contribution in [3.63, 3.8) is 0 Å². The lowest BCUT2D eigenvalue weighted by atomic mass is 9.80. The minimum Gasteiger partial charge on any atom is -0.496 e. The van der Waals surface area contributed by atoms with Crippen LogP contribution in [0.5, 0.6) is 5.75 Å². The molecule has 0 spiro atoms. The van der Waals surface area contributed by atoms with Gasteiger partial charge in [-0.2, -0.15) is 0 Å². The summed E-state index contributed by atoms with van der Waals surface area (Å²) in [6, 6.07) is 12.8. The van der Waals surface area contributed by atoms with E-state index in [2.05, 4.69) is 36.4 Å². The largest absolute Gasteiger partial charge is 0.496 e. The molecule has 2 N–H and O–H groups in total. The van der Waals surface area contributed by atoms with Gasteiger partial charge in [0.1, 0.15) is 5.75 Å². The third-order valence-corrected chi connectivity index (χ3v) is 4.65. The van der Waals surface area contributed by atoms with Gasteiger partial charge in [-0.15, -0.1) is 12.4 Å². The Hall–Kier alpha value is -1.25. The Kier molecular flexibility index (Phi) is 5.49. The number of halogens is 1. The first-order valence-corrected chi connectivity index (χ1v) is 7.62. The number of benzene rings is 2. The maximum absolute atomic E-state index is 6.59. The minimum atomic E-state index is 0. The third-order valence-electron chi connectivity index (χ3n) is 4.65. The molecule has 0 aromatic heterocycles. The van der Waals surface area contributed by atoms with Crippen molar-refractivity contribution in [3.8, 4) is 5.75 Å². The average Bonchev–Trinajstić information content (AvgIpc) is 2.54. The number of nitrogens with two attached hydrogens (primary N) is 1. The van der Waals surface area contributed by atoms with Gasteiger partial charge in [-0.25, -0.2) is 0 Å². The number of hydrogen-bond donors (Lipinski definition) is 1. The lowest BCUT2D eigenvalue weighted by Crippen LogP contribution is -2.23. The van der Waals surface area contributed by atoms with E-state index >= 15 is 0 Å². The highest BCUT2D eigenvalue weighted by atomic mass is 35.5. The Balaban J connectivity index is 0.00000161. The second kappa shape index (κ2) is 7.15. The van der Waals surface area contributed by atoms with Gasteiger partial charge in [0.15, 0.2) is 0 Å². The molecular weight excluding hydrogens is 282 g/mol. The van der Waals surface area contributed by atoms with Crippen molar-refractivity contribution in [2.24, 2.45) is 11.7 Å². The maximum atomic E-state index is 6.59. The highest BCUT2D eigenvalue weighted by Gasteiger charge is 2.23. The summed E-state index contributed by atoms with van der Waals surface area (Å²) >= 11 is 0. The molecule has 2 aromatic rings. The molecule has 0 aliphatic heterocycles. The van der Waals surface area contributed by atoms with Gasteiger partial charge in [-0.3, -0.25) is 0 Å². The van der Waals surface area contributed by atoms with E-state index in [1.54, 1.807) is 7.11 Å². The molecule has 2 nitrogen and oxygen atoms in total. The molecular formula is C18H24ClNO. The van der Waals surface area contributed by atoms with E-state index in [1.807, 2.05) is 0 Å². The van der Waals surface area contributed by atoms with E-state index in [0.717, 1.165) is 5.75 Å². The molecule has 2 aromatic carbocycles. The van der Waals surface area contributed by atoms with Gasteiger partial charge >= 0.3 is 0 Å². The van der Waals surface area contributed by atoms with Gasteiger partial charge in [-0.1, -0.05) is 49.6 Å². The maximum Gasteiger partial charge on any atom is 0.126 e. The topological polar surface area (TPSA) is 35.2 Å². The Morgan fingerprint density at radius 1 is 1.00 bits per heavy atom. The zero-order valence-electron chi connectivity index (χ0n) is 12.5. The molecule has 114 valence electrons. The van der Waals surface area contributed by atoms with E-state index in [1.165, 1.54) is 48.4 Å². The Morgan fingerprint density at radius 2 is 1.67 bits per heavy atom. The van der Waals surface area contributed by atoms with Crippen LogP contribution in [0.25, 0.3) is 10.8 Å². The van der Waals surface area contributed by atoms with Gasteiger partial charge in [0, 0.05) is 11.4 Å². The monoisotopic (exact) mass is 305 g/mol. The van der Waals surface area contributed by atoms with Gasteiger partial charge < -0.3 is 10.5 Å². The quantitative estimate of drug-likeness (QED) is 0.879. The molecule has 0 radical (unpaired) electrons. The number of rotatable bonds is 3. The van der Waals surface area contributed by atoms with Crippen molar-refractivity contribution in [3.05, 3.63) is 42.0 Å². The molecule has 0 bridgehead atoms. The first-order valence-electron chi connectivity index (χ1n) is 7.62. The second-order valence-corrected chi connectivity index (χ2v) is 5.83. The summed E-state index contributed by atoms with van der Waals surface area (Å²) in [5.74, 6) is 1.56. The highest BCUT2D eigenvalue weighted by molar-refractivity contribution is 5.91. The zero-order valence-corrected chi connectivity index (χ0v) is 13.4. The van der Waals surface area contributed by atoms with Crippen LogP contribution in [0.1, 0.15) is 43.7 Å². The lowest BCUT2D eigenvalue weighted by molar-refractivity contribution is 0.309. The van der Waals surface area contributed by atoms with Crippen LogP contribution in [-0.2, 0) is 0 Å². The Labute approximate surface area is 133 Å². The number of fused-ring (bicyclic) bond motifs is 1. The van der Waals surface area contributed by atoms with Crippen molar-refractivity contribution in [2.75, 3.05) is 7.11 Å². The van der Waals surface area contributed by atoms with Crippen LogP contribution >= 0.6 is 12.4 Å². The molecule has 1 aliphatic rings. The van der Waals surface area contributed by atoms with Crippen molar-refractivity contribution in [1.29, 1.82) is 0 Å². The fraction of sp³-hybridized carbons (Fsp3) is 0.444.